The van der Waals surface area contributed by atoms with Gasteiger partial charge in [-0.3, -0.25) is 4.79 Å². The van der Waals surface area contributed by atoms with E-state index in [0.717, 1.165) is 20.8 Å². The molecule has 0 saturated carbocycles. The second-order valence-corrected chi connectivity index (χ2v) is 11.4. The zero-order valence-electron chi connectivity index (χ0n) is 19.2. The minimum Gasteiger partial charge on any atom is -0.497 e. The van der Waals surface area contributed by atoms with Crippen LogP contribution in [0.5, 0.6) is 5.75 Å². The zero-order chi connectivity index (χ0) is 24.4. The molecular weight excluding hydrogens is 482 g/mol. The van der Waals surface area contributed by atoms with Crippen molar-refractivity contribution in [3.8, 4) is 16.3 Å². The summed E-state index contributed by atoms with van der Waals surface area (Å²) in [7, 11) is -2.06. The first-order chi connectivity index (χ1) is 16.9. The zero-order valence-corrected chi connectivity index (χ0v) is 20.8. The van der Waals surface area contributed by atoms with Crippen molar-refractivity contribution in [3.05, 3.63) is 72.8 Å². The Bertz CT molecular complexity index is 1410. The Balaban J connectivity index is 1.19. The monoisotopic (exact) mass is 507 g/mol. The summed E-state index contributed by atoms with van der Waals surface area (Å²) in [6, 6.07) is 22.1. The molecule has 1 N–H and O–H groups in total. The lowest BCUT2D eigenvalue weighted by atomic mass is 9.97. The Hall–Kier alpha value is -3.27. The van der Waals surface area contributed by atoms with Crippen LogP contribution in [0.25, 0.3) is 20.8 Å². The molecule has 1 fully saturated rings. The lowest BCUT2D eigenvalue weighted by molar-refractivity contribution is -0.120. The number of fused-ring (bicyclic) bond motifs is 1. The van der Waals surface area contributed by atoms with E-state index in [1.807, 2.05) is 42.5 Å². The van der Waals surface area contributed by atoms with E-state index in [0.29, 0.717) is 37.4 Å². The van der Waals surface area contributed by atoms with Crippen LogP contribution in [0.15, 0.2) is 77.7 Å². The quantitative estimate of drug-likeness (QED) is 0.396. The van der Waals surface area contributed by atoms with E-state index >= 15 is 0 Å². The summed E-state index contributed by atoms with van der Waals surface area (Å²) in [5.74, 6) is 0.285. The molecule has 0 atom stereocenters. The number of anilines is 1. The fraction of sp³-hybridized carbons (Fsp3) is 0.231. The molecule has 1 aliphatic heterocycles. The number of carbonyl (C=O) groups excluding carboxylic acids is 1. The number of carbonyl (C=O) groups is 1. The lowest BCUT2D eigenvalue weighted by Gasteiger charge is -2.30. The van der Waals surface area contributed by atoms with Gasteiger partial charge in [0, 0.05) is 30.3 Å². The van der Waals surface area contributed by atoms with E-state index in [1.54, 1.807) is 35.6 Å². The van der Waals surface area contributed by atoms with Gasteiger partial charge in [-0.05, 0) is 73.5 Å². The Morgan fingerprint density at radius 1 is 1.00 bits per heavy atom. The van der Waals surface area contributed by atoms with Crippen molar-refractivity contribution >= 4 is 43.2 Å². The fourth-order valence-electron chi connectivity index (χ4n) is 4.19. The summed E-state index contributed by atoms with van der Waals surface area (Å²) in [6.07, 6.45) is 0.954. The van der Waals surface area contributed by atoms with E-state index in [9.17, 15) is 13.2 Å². The minimum absolute atomic E-state index is 0.0840. The largest absolute Gasteiger partial charge is 0.497 e. The van der Waals surface area contributed by atoms with Crippen LogP contribution in [0.4, 0.5) is 5.69 Å². The molecule has 1 aliphatic rings. The smallest absolute Gasteiger partial charge is 0.243 e. The molecule has 0 unspecified atom stereocenters. The van der Waals surface area contributed by atoms with Crippen LogP contribution in [0.3, 0.4) is 0 Å². The van der Waals surface area contributed by atoms with Gasteiger partial charge in [0.25, 0.3) is 0 Å². The number of nitrogens with one attached hydrogen (secondary N) is 1. The molecule has 0 spiro atoms. The van der Waals surface area contributed by atoms with Crippen LogP contribution in [0, 0.1) is 5.92 Å². The van der Waals surface area contributed by atoms with Gasteiger partial charge in [0.2, 0.25) is 15.9 Å². The van der Waals surface area contributed by atoms with Gasteiger partial charge in [-0.25, -0.2) is 13.4 Å². The number of para-hydroxylation sites is 1. The van der Waals surface area contributed by atoms with Gasteiger partial charge in [0.05, 0.1) is 22.2 Å². The molecule has 5 rings (SSSR count). The molecule has 0 bridgehead atoms. The topological polar surface area (TPSA) is 88.6 Å². The minimum atomic E-state index is -3.59. The van der Waals surface area contributed by atoms with Crippen molar-refractivity contribution in [2.24, 2.45) is 5.92 Å². The van der Waals surface area contributed by atoms with Crippen molar-refractivity contribution in [2.75, 3.05) is 25.5 Å². The van der Waals surface area contributed by atoms with E-state index in [-0.39, 0.29) is 16.7 Å². The Morgan fingerprint density at radius 3 is 2.34 bits per heavy atom. The van der Waals surface area contributed by atoms with Crippen LogP contribution >= 0.6 is 11.3 Å². The Kier molecular flexibility index (Phi) is 6.55. The number of methoxy groups -OCH3 is 1. The van der Waals surface area contributed by atoms with Crippen molar-refractivity contribution in [3.63, 3.8) is 0 Å². The number of rotatable bonds is 6. The van der Waals surface area contributed by atoms with Gasteiger partial charge in [-0.15, -0.1) is 11.3 Å². The number of hydrogen-bond donors (Lipinski definition) is 1. The number of thiazole rings is 1. The predicted octanol–water partition coefficient (Wildman–Crippen LogP) is 5.01. The summed E-state index contributed by atoms with van der Waals surface area (Å²) in [4.78, 5) is 17.7. The SMILES string of the molecule is COc1ccc(S(=O)(=O)N2CCC(C(=O)Nc3ccc(-c4nc5ccccc5s4)cc3)CC2)cc1. The molecule has 1 aromatic heterocycles. The molecule has 2 heterocycles. The molecule has 0 aliphatic carbocycles. The highest BCUT2D eigenvalue weighted by Gasteiger charge is 2.32. The van der Waals surface area contributed by atoms with Gasteiger partial charge in [-0.2, -0.15) is 4.31 Å². The van der Waals surface area contributed by atoms with Gasteiger partial charge >= 0.3 is 0 Å². The molecular formula is C26H25N3O4S2. The van der Waals surface area contributed by atoms with Crippen LogP contribution < -0.4 is 10.1 Å². The summed E-state index contributed by atoms with van der Waals surface area (Å²) < 4.78 is 33.6. The summed E-state index contributed by atoms with van der Waals surface area (Å²) in [5.41, 5.74) is 2.69. The van der Waals surface area contributed by atoms with Gasteiger partial charge in [0.15, 0.2) is 0 Å². The number of benzene rings is 3. The molecule has 9 heteroatoms. The van der Waals surface area contributed by atoms with E-state index in [2.05, 4.69) is 16.4 Å². The van der Waals surface area contributed by atoms with Gasteiger partial charge in [0.1, 0.15) is 10.8 Å². The third kappa shape index (κ3) is 4.93. The number of ether oxygens (including phenoxy) is 1. The summed E-state index contributed by atoms with van der Waals surface area (Å²) >= 11 is 1.64. The van der Waals surface area contributed by atoms with Crippen LogP contribution in [-0.4, -0.2) is 43.8 Å². The molecule has 1 saturated heterocycles. The molecule has 4 aromatic rings. The fourth-order valence-corrected chi connectivity index (χ4v) is 6.63. The van der Waals surface area contributed by atoms with E-state index in [1.165, 1.54) is 11.4 Å². The van der Waals surface area contributed by atoms with Gasteiger partial charge < -0.3 is 10.1 Å². The maximum Gasteiger partial charge on any atom is 0.243 e. The highest BCUT2D eigenvalue weighted by Crippen LogP contribution is 2.31. The highest BCUT2D eigenvalue weighted by molar-refractivity contribution is 7.89. The standard InChI is InChI=1S/C26H25N3O4S2/c1-33-21-10-12-22(13-11-21)35(31,32)29-16-14-18(15-17-29)25(30)27-20-8-6-19(7-9-20)26-28-23-4-2-3-5-24(23)34-26/h2-13,18H,14-17H2,1H3,(H,27,30). The average molecular weight is 508 g/mol. The maximum atomic E-state index is 12.9. The highest BCUT2D eigenvalue weighted by atomic mass is 32.2. The normalized spacial score (nSPS) is 15.2. The van der Waals surface area contributed by atoms with E-state index in [4.69, 9.17) is 4.74 Å². The predicted molar refractivity (Wildman–Crippen MR) is 138 cm³/mol. The van der Waals surface area contributed by atoms with E-state index < -0.39 is 10.0 Å². The second-order valence-electron chi connectivity index (χ2n) is 8.41. The third-order valence-electron chi connectivity index (χ3n) is 6.22. The average Bonchev–Trinajstić information content (AvgIpc) is 3.33. The molecule has 180 valence electrons. The molecule has 1 amide bonds. The van der Waals surface area contributed by atoms with Crippen molar-refractivity contribution in [1.82, 2.24) is 9.29 Å². The molecule has 3 aromatic carbocycles. The van der Waals surface area contributed by atoms with Crippen molar-refractivity contribution < 1.29 is 17.9 Å². The molecule has 7 nitrogen and oxygen atoms in total. The Morgan fingerprint density at radius 2 is 1.69 bits per heavy atom. The number of piperidine rings is 1. The summed E-state index contributed by atoms with van der Waals surface area (Å²) in [5, 5.41) is 3.92. The van der Waals surface area contributed by atoms with Crippen molar-refractivity contribution in [1.29, 1.82) is 0 Å². The molecule has 35 heavy (non-hydrogen) atoms. The number of sulfonamides is 1. The first-order valence-corrected chi connectivity index (χ1v) is 13.6. The number of hydrogen-bond acceptors (Lipinski definition) is 6. The van der Waals surface area contributed by atoms with Crippen LogP contribution in [0.1, 0.15) is 12.8 Å². The van der Waals surface area contributed by atoms with Gasteiger partial charge in [-0.1, -0.05) is 12.1 Å². The molecule has 0 radical (unpaired) electrons. The number of amides is 1. The Labute approximate surface area is 208 Å². The first-order valence-electron chi connectivity index (χ1n) is 11.3. The second kappa shape index (κ2) is 9.77. The maximum absolute atomic E-state index is 12.9. The van der Waals surface area contributed by atoms with Crippen molar-refractivity contribution in [2.45, 2.75) is 17.7 Å². The van der Waals surface area contributed by atoms with Crippen LogP contribution in [-0.2, 0) is 14.8 Å². The number of aromatic nitrogens is 1. The third-order valence-corrected chi connectivity index (χ3v) is 9.21. The van der Waals surface area contributed by atoms with Crippen LogP contribution in [0.2, 0.25) is 0 Å². The number of nitrogens with zero attached hydrogens (tertiary/aromatic N) is 2. The summed E-state index contributed by atoms with van der Waals surface area (Å²) in [6.45, 7) is 0.617. The lowest BCUT2D eigenvalue weighted by Crippen LogP contribution is -2.41. The first kappa shape index (κ1) is 23.5.